The Hall–Kier alpha value is -3.04. The van der Waals surface area contributed by atoms with Gasteiger partial charge in [0.25, 0.3) is 0 Å². The number of anilines is 1. The van der Waals surface area contributed by atoms with Crippen molar-refractivity contribution in [2.75, 3.05) is 38.2 Å². The van der Waals surface area contributed by atoms with Gasteiger partial charge in [0.15, 0.2) is 0 Å². The van der Waals surface area contributed by atoms with Gasteiger partial charge in [-0.05, 0) is 63.1 Å². The van der Waals surface area contributed by atoms with Gasteiger partial charge in [-0.3, -0.25) is 14.4 Å². The fourth-order valence-electron chi connectivity index (χ4n) is 6.56. The Morgan fingerprint density at radius 3 is 3.00 bits per heavy atom. The number of carboxylic acid groups (broad SMARTS) is 1. The molecule has 3 aromatic rings. The zero-order chi connectivity index (χ0) is 26.8. The van der Waals surface area contributed by atoms with Crippen molar-refractivity contribution in [2.45, 2.75) is 69.6 Å². The molecule has 6 rings (SSSR count). The van der Waals surface area contributed by atoms with E-state index < -0.39 is 18.2 Å². The topological polar surface area (TPSA) is 92.5 Å². The summed E-state index contributed by atoms with van der Waals surface area (Å²) in [4.78, 5) is 19.3. The number of para-hydroxylation sites is 1. The van der Waals surface area contributed by atoms with E-state index in [4.69, 9.17) is 9.72 Å². The summed E-state index contributed by atoms with van der Waals surface area (Å²) in [6, 6.07) is 9.30. The molecule has 208 valence electrons. The van der Waals surface area contributed by atoms with Crippen molar-refractivity contribution in [3.63, 3.8) is 0 Å². The number of ether oxygens (including phenoxy) is 1. The van der Waals surface area contributed by atoms with Crippen LogP contribution in [-0.2, 0) is 22.4 Å². The van der Waals surface area contributed by atoms with Crippen LogP contribution in [0.2, 0.25) is 0 Å². The lowest BCUT2D eigenvalue weighted by molar-refractivity contribution is -0.143. The monoisotopic (exact) mass is 535 g/mol. The van der Waals surface area contributed by atoms with Crippen LogP contribution in [0.15, 0.2) is 36.5 Å². The third-order valence-corrected chi connectivity index (χ3v) is 8.68. The highest BCUT2D eigenvalue weighted by Crippen LogP contribution is 2.36. The number of alkyl halides is 1. The quantitative estimate of drug-likeness (QED) is 0.355. The first-order valence-electron chi connectivity index (χ1n) is 14.5. The van der Waals surface area contributed by atoms with E-state index in [1.54, 1.807) is 6.20 Å². The summed E-state index contributed by atoms with van der Waals surface area (Å²) in [5.41, 5.74) is 3.93. The third-order valence-electron chi connectivity index (χ3n) is 8.68. The number of unbranched alkanes of at least 4 members (excludes halogenated alkanes) is 1. The number of aryl methyl sites for hydroxylation is 2. The number of likely N-dealkylation sites (tertiary alicyclic amines) is 1. The standard InChI is InChI=1S/C30H38FN5O3/c31-26(9-2-1-7-23-11-10-20-6-4-14-32-29(20)34-23)22-12-15-35(18-22)28(30(37)38)25-8-3-5-21-17-33-36(27(21)25)24-13-16-39-19-24/h3,5,8,10-11,17,22,24,26,28H,1-2,4,6-7,9,12-16,18-19H2,(H,32,34)(H,37,38)/t22-,24+,26-,28?/m1/s1. The molecule has 5 heterocycles. The highest BCUT2D eigenvalue weighted by Gasteiger charge is 2.38. The SMILES string of the molecule is O=C(O)C(c1cccc2cnn([C@H]3CCOC3)c12)N1CC[C@@H]([C@H](F)CCCCc2ccc3c(n2)NCCC3)C1. The number of aliphatic carboxylic acids is 1. The molecule has 8 nitrogen and oxygen atoms in total. The molecule has 0 aliphatic carbocycles. The zero-order valence-electron chi connectivity index (χ0n) is 22.4. The van der Waals surface area contributed by atoms with E-state index in [0.717, 1.165) is 73.0 Å². The summed E-state index contributed by atoms with van der Waals surface area (Å²) in [6.07, 6.45) is 7.68. The number of halogens is 1. The molecule has 1 unspecified atom stereocenters. The molecule has 4 atom stereocenters. The maximum atomic E-state index is 15.3. The number of nitrogens with one attached hydrogen (secondary N) is 1. The van der Waals surface area contributed by atoms with Crippen molar-refractivity contribution < 1.29 is 19.0 Å². The summed E-state index contributed by atoms with van der Waals surface area (Å²) in [6.45, 7) is 3.27. The first kappa shape index (κ1) is 26.2. The van der Waals surface area contributed by atoms with Gasteiger partial charge in [-0.25, -0.2) is 9.37 Å². The predicted octanol–water partition coefficient (Wildman–Crippen LogP) is 4.95. The fraction of sp³-hybridized carbons (Fsp3) is 0.567. The smallest absolute Gasteiger partial charge is 0.325 e. The lowest BCUT2D eigenvalue weighted by Crippen LogP contribution is -2.34. The van der Waals surface area contributed by atoms with Crippen molar-refractivity contribution in [2.24, 2.45) is 5.92 Å². The molecule has 3 aliphatic heterocycles. The molecule has 9 heteroatoms. The van der Waals surface area contributed by atoms with E-state index in [0.29, 0.717) is 39.1 Å². The largest absolute Gasteiger partial charge is 0.480 e. The lowest BCUT2D eigenvalue weighted by atomic mass is 9.97. The van der Waals surface area contributed by atoms with Crippen LogP contribution in [0.5, 0.6) is 0 Å². The van der Waals surface area contributed by atoms with Crippen LogP contribution in [-0.4, -0.2) is 69.8 Å². The first-order chi connectivity index (χ1) is 19.1. The first-order valence-corrected chi connectivity index (χ1v) is 14.5. The van der Waals surface area contributed by atoms with Gasteiger partial charge in [0.2, 0.25) is 0 Å². The lowest BCUT2D eigenvalue weighted by Gasteiger charge is -2.26. The molecule has 0 spiro atoms. The number of aromatic nitrogens is 3. The summed E-state index contributed by atoms with van der Waals surface area (Å²) in [5.74, 6) is -0.0391. The van der Waals surface area contributed by atoms with E-state index in [-0.39, 0.29) is 12.0 Å². The number of nitrogens with zero attached hydrogens (tertiary/aromatic N) is 4. The van der Waals surface area contributed by atoms with Crippen LogP contribution in [0.3, 0.4) is 0 Å². The highest BCUT2D eigenvalue weighted by atomic mass is 19.1. The second kappa shape index (κ2) is 11.6. The van der Waals surface area contributed by atoms with E-state index in [2.05, 4.69) is 22.5 Å². The Balaban J connectivity index is 1.07. The normalized spacial score (nSPS) is 23.0. The average Bonchev–Trinajstić information content (AvgIpc) is 3.72. The molecule has 0 radical (unpaired) electrons. The van der Waals surface area contributed by atoms with Gasteiger partial charge in [0.1, 0.15) is 18.0 Å². The van der Waals surface area contributed by atoms with Crippen LogP contribution in [0.1, 0.15) is 67.4 Å². The highest BCUT2D eigenvalue weighted by molar-refractivity contribution is 5.88. The van der Waals surface area contributed by atoms with Gasteiger partial charge < -0.3 is 15.2 Å². The Labute approximate surface area is 228 Å². The number of carbonyl (C=O) groups is 1. The van der Waals surface area contributed by atoms with Crippen molar-refractivity contribution in [1.29, 1.82) is 0 Å². The Morgan fingerprint density at radius 1 is 1.23 bits per heavy atom. The molecule has 0 saturated carbocycles. The van der Waals surface area contributed by atoms with Gasteiger partial charge in [-0.2, -0.15) is 5.10 Å². The van der Waals surface area contributed by atoms with Gasteiger partial charge in [-0.15, -0.1) is 0 Å². The van der Waals surface area contributed by atoms with Crippen LogP contribution in [0, 0.1) is 5.92 Å². The summed E-state index contributed by atoms with van der Waals surface area (Å²) in [7, 11) is 0. The van der Waals surface area contributed by atoms with E-state index in [1.165, 1.54) is 5.56 Å². The van der Waals surface area contributed by atoms with Crippen molar-refractivity contribution >= 4 is 22.7 Å². The summed E-state index contributed by atoms with van der Waals surface area (Å²) >= 11 is 0. The van der Waals surface area contributed by atoms with Crippen LogP contribution < -0.4 is 5.32 Å². The maximum Gasteiger partial charge on any atom is 0.325 e. The molecule has 39 heavy (non-hydrogen) atoms. The molecular formula is C30H38FN5O3. The number of rotatable bonds is 10. The Kier molecular flexibility index (Phi) is 7.79. The van der Waals surface area contributed by atoms with E-state index in [1.807, 2.05) is 27.8 Å². The molecule has 0 amide bonds. The van der Waals surface area contributed by atoms with Gasteiger partial charge >= 0.3 is 5.97 Å². The number of benzene rings is 1. The van der Waals surface area contributed by atoms with Crippen LogP contribution in [0.25, 0.3) is 10.9 Å². The fourth-order valence-corrected chi connectivity index (χ4v) is 6.56. The van der Waals surface area contributed by atoms with Gasteiger partial charge in [-0.1, -0.05) is 30.7 Å². The second-order valence-corrected chi connectivity index (χ2v) is 11.3. The zero-order valence-corrected chi connectivity index (χ0v) is 22.4. The van der Waals surface area contributed by atoms with Crippen molar-refractivity contribution in [3.8, 4) is 0 Å². The summed E-state index contributed by atoms with van der Waals surface area (Å²) in [5, 5.41) is 19.2. The minimum absolute atomic E-state index is 0.104. The summed E-state index contributed by atoms with van der Waals surface area (Å²) < 4.78 is 22.9. The number of carboxylic acids is 1. The molecular weight excluding hydrogens is 497 g/mol. The number of hydrogen-bond donors (Lipinski definition) is 2. The molecule has 2 N–H and O–H groups in total. The van der Waals surface area contributed by atoms with E-state index in [9.17, 15) is 9.90 Å². The van der Waals surface area contributed by atoms with E-state index >= 15 is 4.39 Å². The molecule has 2 aromatic heterocycles. The number of pyridine rings is 1. The van der Waals surface area contributed by atoms with Crippen molar-refractivity contribution in [3.05, 3.63) is 53.3 Å². The van der Waals surface area contributed by atoms with Crippen LogP contribution in [0.4, 0.5) is 10.2 Å². The molecule has 2 fully saturated rings. The minimum atomic E-state index is -0.931. The van der Waals surface area contributed by atoms with Crippen molar-refractivity contribution in [1.82, 2.24) is 19.7 Å². The molecule has 3 aliphatic rings. The Bertz CT molecular complexity index is 1310. The molecule has 2 saturated heterocycles. The second-order valence-electron chi connectivity index (χ2n) is 11.3. The number of fused-ring (bicyclic) bond motifs is 2. The number of hydrogen-bond acceptors (Lipinski definition) is 6. The van der Waals surface area contributed by atoms with Gasteiger partial charge in [0, 0.05) is 42.3 Å². The van der Waals surface area contributed by atoms with Crippen LogP contribution >= 0.6 is 0 Å². The average molecular weight is 536 g/mol. The molecule has 1 aromatic carbocycles. The van der Waals surface area contributed by atoms with Gasteiger partial charge in [0.05, 0.1) is 24.4 Å². The Morgan fingerprint density at radius 2 is 2.15 bits per heavy atom. The maximum absolute atomic E-state index is 15.3. The minimum Gasteiger partial charge on any atom is -0.480 e. The molecule has 0 bridgehead atoms. The third kappa shape index (κ3) is 5.52. The predicted molar refractivity (Wildman–Crippen MR) is 148 cm³/mol.